The highest BCUT2D eigenvalue weighted by atomic mass is 35.5. The second kappa shape index (κ2) is 7.57. The largest absolute Gasteiger partial charge is 0.481 e. The molecule has 3 N–H and O–H groups in total. The Morgan fingerprint density at radius 1 is 1.33 bits per heavy atom. The summed E-state index contributed by atoms with van der Waals surface area (Å²) in [5.41, 5.74) is 6.15. The van der Waals surface area contributed by atoms with E-state index in [1.54, 1.807) is 13.8 Å². The summed E-state index contributed by atoms with van der Waals surface area (Å²) in [6.07, 6.45) is -3.80. The van der Waals surface area contributed by atoms with E-state index in [1.807, 2.05) is 37.3 Å². The number of hydrogen-bond acceptors (Lipinski definition) is 2. The maximum absolute atomic E-state index is 12.1. The minimum absolute atomic E-state index is 0.159. The van der Waals surface area contributed by atoms with Crippen LogP contribution in [0.2, 0.25) is 0 Å². The molecular formula is C17H21ClF3NO2. The van der Waals surface area contributed by atoms with Crippen LogP contribution in [0.5, 0.6) is 0 Å². The number of nitrogens with two attached hydrogens (primary N) is 1. The Morgan fingerprint density at radius 2 is 1.83 bits per heavy atom. The van der Waals surface area contributed by atoms with Gasteiger partial charge in [0.15, 0.2) is 0 Å². The summed E-state index contributed by atoms with van der Waals surface area (Å²) in [6, 6.07) is 10.2. The van der Waals surface area contributed by atoms with E-state index < -0.39 is 34.4 Å². The smallest absolute Gasteiger partial charge is 0.426 e. The van der Waals surface area contributed by atoms with Crippen LogP contribution in [0.1, 0.15) is 32.4 Å². The Bertz CT molecular complexity index is 598. The van der Waals surface area contributed by atoms with Crippen molar-refractivity contribution >= 4 is 17.6 Å². The maximum atomic E-state index is 12.1. The van der Waals surface area contributed by atoms with Gasteiger partial charge in [-0.05, 0) is 23.8 Å². The zero-order valence-corrected chi connectivity index (χ0v) is 14.4. The van der Waals surface area contributed by atoms with Crippen LogP contribution >= 0.6 is 11.6 Å². The van der Waals surface area contributed by atoms with Gasteiger partial charge in [0, 0.05) is 6.04 Å². The number of hydrogen-bond donors (Lipinski definition) is 2. The molecule has 134 valence electrons. The number of carboxylic acids is 1. The van der Waals surface area contributed by atoms with Crippen molar-refractivity contribution in [2.24, 2.45) is 23.0 Å². The van der Waals surface area contributed by atoms with Crippen LogP contribution in [0.4, 0.5) is 13.2 Å². The predicted octanol–water partition coefficient (Wildman–Crippen LogP) is 4.73. The first-order chi connectivity index (χ1) is 10.9. The molecule has 0 bridgehead atoms. The average Bonchev–Trinajstić information content (AvgIpc) is 3.00. The lowest BCUT2D eigenvalue weighted by Crippen LogP contribution is -2.07. The number of rotatable bonds is 3. The van der Waals surface area contributed by atoms with Crippen LogP contribution in [0.25, 0.3) is 0 Å². The van der Waals surface area contributed by atoms with Crippen molar-refractivity contribution < 1.29 is 23.1 Å². The Hall–Kier alpha value is -1.53. The zero-order chi connectivity index (χ0) is 18.7. The first-order valence-corrected chi connectivity index (χ1v) is 7.74. The average molecular weight is 364 g/mol. The molecule has 1 saturated carbocycles. The van der Waals surface area contributed by atoms with Crippen molar-refractivity contribution in [3.05, 3.63) is 47.0 Å². The molecule has 3 nitrogen and oxygen atoms in total. The fraction of sp³-hybridized carbons (Fsp3) is 0.471. The molecule has 0 radical (unpaired) electrons. The second-order valence-corrected chi connectivity index (χ2v) is 6.78. The Labute approximate surface area is 144 Å². The predicted molar refractivity (Wildman–Crippen MR) is 87.4 cm³/mol. The van der Waals surface area contributed by atoms with Crippen LogP contribution in [-0.4, -0.2) is 17.3 Å². The Morgan fingerprint density at radius 3 is 2.12 bits per heavy atom. The molecule has 1 aromatic rings. The SMILES string of the molecule is CC1(C)[C@H](/C=C(\Cl)C(F)(F)F)[C@@H]1C(=O)O.C[C@@H](N)c1ccccc1. The summed E-state index contributed by atoms with van der Waals surface area (Å²) >= 11 is 5.03. The molecule has 7 heteroatoms. The molecule has 0 saturated heterocycles. The molecule has 0 heterocycles. The van der Waals surface area contributed by atoms with E-state index in [2.05, 4.69) is 0 Å². The molecule has 24 heavy (non-hydrogen) atoms. The fourth-order valence-electron chi connectivity index (χ4n) is 2.47. The van der Waals surface area contributed by atoms with Gasteiger partial charge >= 0.3 is 12.1 Å². The Balaban J connectivity index is 0.000000272. The van der Waals surface area contributed by atoms with E-state index in [1.165, 1.54) is 5.56 Å². The van der Waals surface area contributed by atoms with Gasteiger partial charge in [0.05, 0.1) is 5.92 Å². The molecule has 1 fully saturated rings. The molecule has 0 amide bonds. The third kappa shape index (κ3) is 5.24. The third-order valence-corrected chi connectivity index (χ3v) is 4.44. The second-order valence-electron chi connectivity index (χ2n) is 6.37. The first kappa shape index (κ1) is 20.5. The molecule has 0 spiro atoms. The summed E-state index contributed by atoms with van der Waals surface area (Å²) in [5.74, 6) is -2.52. The number of carbonyl (C=O) groups is 1. The lowest BCUT2D eigenvalue weighted by Gasteiger charge is -2.04. The van der Waals surface area contributed by atoms with Crippen molar-refractivity contribution in [3.8, 4) is 0 Å². The lowest BCUT2D eigenvalue weighted by molar-refractivity contribution is -0.139. The van der Waals surface area contributed by atoms with E-state index >= 15 is 0 Å². The molecule has 1 aromatic carbocycles. The maximum Gasteiger partial charge on any atom is 0.426 e. The minimum Gasteiger partial charge on any atom is -0.481 e. The summed E-state index contributed by atoms with van der Waals surface area (Å²) in [4.78, 5) is 10.7. The quantitative estimate of drug-likeness (QED) is 0.815. The first-order valence-electron chi connectivity index (χ1n) is 7.37. The van der Waals surface area contributed by atoms with E-state index in [-0.39, 0.29) is 6.04 Å². The molecule has 0 aromatic heterocycles. The molecular weight excluding hydrogens is 343 g/mol. The summed E-state index contributed by atoms with van der Waals surface area (Å²) < 4.78 is 36.2. The van der Waals surface area contributed by atoms with Gasteiger partial charge in [-0.3, -0.25) is 4.79 Å². The van der Waals surface area contributed by atoms with E-state index in [0.717, 1.165) is 6.08 Å². The van der Waals surface area contributed by atoms with Gasteiger partial charge in [0.2, 0.25) is 0 Å². The number of benzene rings is 1. The standard InChI is InChI=1S/C9H10ClF3O2.C8H11N/c1-8(2)4(6(8)7(14)15)3-5(10)9(11,12)13;1-7(9)8-5-3-2-4-6-8/h3-4,6H,1-2H3,(H,14,15);2-7H,9H2,1H3/b5-3-;/t4-,6-;7-/m11/s1. The molecule has 0 unspecified atom stereocenters. The van der Waals surface area contributed by atoms with Crippen molar-refractivity contribution in [2.45, 2.75) is 33.0 Å². The monoisotopic (exact) mass is 363 g/mol. The minimum atomic E-state index is -4.59. The van der Waals surface area contributed by atoms with Crippen LogP contribution in [0, 0.1) is 17.3 Å². The van der Waals surface area contributed by atoms with Crippen molar-refractivity contribution in [1.82, 2.24) is 0 Å². The van der Waals surface area contributed by atoms with Gasteiger partial charge in [-0.2, -0.15) is 13.2 Å². The summed E-state index contributed by atoms with van der Waals surface area (Å²) in [6.45, 7) is 5.19. The van der Waals surface area contributed by atoms with E-state index in [4.69, 9.17) is 22.4 Å². The van der Waals surface area contributed by atoms with Gasteiger partial charge in [-0.25, -0.2) is 0 Å². The Kier molecular flexibility index (Phi) is 6.47. The molecule has 1 aliphatic rings. The van der Waals surface area contributed by atoms with Gasteiger partial charge in [-0.15, -0.1) is 0 Å². The fourth-order valence-corrected chi connectivity index (χ4v) is 2.60. The van der Waals surface area contributed by atoms with Gasteiger partial charge in [0.25, 0.3) is 0 Å². The molecule has 3 atom stereocenters. The highest BCUT2D eigenvalue weighted by Gasteiger charge is 2.61. The normalized spacial score (nSPS) is 23.8. The highest BCUT2D eigenvalue weighted by molar-refractivity contribution is 6.30. The van der Waals surface area contributed by atoms with Gasteiger partial charge in [-0.1, -0.05) is 61.9 Å². The van der Waals surface area contributed by atoms with Gasteiger partial charge in [0.1, 0.15) is 5.03 Å². The molecule has 2 rings (SSSR count). The van der Waals surface area contributed by atoms with Crippen LogP contribution in [0.15, 0.2) is 41.4 Å². The van der Waals surface area contributed by atoms with Crippen LogP contribution in [0.3, 0.4) is 0 Å². The summed E-state index contributed by atoms with van der Waals surface area (Å²) in [7, 11) is 0. The van der Waals surface area contributed by atoms with Crippen LogP contribution < -0.4 is 5.73 Å². The molecule has 1 aliphatic carbocycles. The number of alkyl halides is 3. The van der Waals surface area contributed by atoms with Gasteiger partial charge < -0.3 is 10.8 Å². The number of halogens is 4. The van der Waals surface area contributed by atoms with Crippen molar-refractivity contribution in [1.29, 1.82) is 0 Å². The number of carboxylic acid groups (broad SMARTS) is 1. The highest BCUT2D eigenvalue weighted by Crippen LogP contribution is 2.60. The zero-order valence-electron chi connectivity index (χ0n) is 13.6. The number of aliphatic carboxylic acids is 1. The van der Waals surface area contributed by atoms with Crippen LogP contribution in [-0.2, 0) is 4.79 Å². The van der Waals surface area contributed by atoms with E-state index in [9.17, 15) is 18.0 Å². The van der Waals surface area contributed by atoms with Crippen molar-refractivity contribution in [3.63, 3.8) is 0 Å². The molecule has 0 aliphatic heterocycles. The topological polar surface area (TPSA) is 63.3 Å². The number of allylic oxidation sites excluding steroid dienone is 2. The van der Waals surface area contributed by atoms with E-state index in [0.29, 0.717) is 0 Å². The van der Waals surface area contributed by atoms with Crippen molar-refractivity contribution in [2.75, 3.05) is 0 Å². The third-order valence-electron chi connectivity index (χ3n) is 4.10. The lowest BCUT2D eigenvalue weighted by atomic mass is 10.1. The summed E-state index contributed by atoms with van der Waals surface area (Å²) in [5, 5.41) is 7.48.